The fourth-order valence-electron chi connectivity index (χ4n) is 0.249. The van der Waals surface area contributed by atoms with Gasteiger partial charge in [0.2, 0.25) is 0 Å². The lowest BCUT2D eigenvalue weighted by molar-refractivity contribution is 0.175. The Morgan fingerprint density at radius 2 is 1.30 bits per heavy atom. The molecular formula is C3H14N6O. The molecule has 0 fully saturated rings. The van der Waals surface area contributed by atoms with E-state index in [1.165, 1.54) is 14.1 Å². The van der Waals surface area contributed by atoms with E-state index in [9.17, 15) is 4.79 Å². The third-order valence-electron chi connectivity index (χ3n) is 0.603. The molecule has 0 unspecified atom stereocenters. The van der Waals surface area contributed by atoms with Gasteiger partial charge in [-0.05, 0) is 0 Å². The van der Waals surface area contributed by atoms with Crippen LogP contribution in [0.5, 0.6) is 0 Å². The highest BCUT2D eigenvalue weighted by atomic mass is 16.2. The average molecular weight is 150 g/mol. The van der Waals surface area contributed by atoms with Crippen LogP contribution in [0.2, 0.25) is 0 Å². The van der Waals surface area contributed by atoms with Crippen molar-refractivity contribution in [1.82, 2.24) is 10.0 Å². The van der Waals surface area contributed by atoms with E-state index in [0.717, 1.165) is 10.0 Å². The van der Waals surface area contributed by atoms with E-state index < -0.39 is 6.03 Å². The molecule has 0 aromatic rings. The van der Waals surface area contributed by atoms with Crippen LogP contribution in [0.25, 0.3) is 0 Å². The zero-order valence-electron chi connectivity index (χ0n) is 6.11. The number of carbonyl (C=O) groups excluding carboxylic acids is 1. The minimum absolute atomic E-state index is 0.426. The smallest absolute Gasteiger partial charge is 0.274 e. The monoisotopic (exact) mass is 150 g/mol. The number of hydrazine groups is 3. The van der Waals surface area contributed by atoms with Gasteiger partial charge >= 0.3 is 6.03 Å². The molecule has 0 radical (unpaired) electrons. The molecular weight excluding hydrogens is 136 g/mol. The van der Waals surface area contributed by atoms with Crippen LogP contribution in [0.4, 0.5) is 4.79 Å². The number of hydrogen-bond acceptors (Lipinski definition) is 5. The Bertz CT molecular complexity index is 81.0. The number of amides is 2. The van der Waals surface area contributed by atoms with E-state index in [4.69, 9.17) is 11.7 Å². The van der Waals surface area contributed by atoms with Gasteiger partial charge in [-0.2, -0.15) is 0 Å². The molecule has 0 aromatic heterocycles. The SMILES string of the molecule is CN(N)C(=O)N(C)N.NN. The molecule has 7 heteroatoms. The van der Waals surface area contributed by atoms with Crippen molar-refractivity contribution in [1.29, 1.82) is 0 Å². The lowest BCUT2D eigenvalue weighted by Crippen LogP contribution is -2.45. The van der Waals surface area contributed by atoms with Crippen LogP contribution < -0.4 is 23.4 Å². The summed E-state index contributed by atoms with van der Waals surface area (Å²) in [5, 5.41) is 1.81. The van der Waals surface area contributed by atoms with Gasteiger partial charge in [0, 0.05) is 14.1 Å². The highest BCUT2D eigenvalue weighted by Gasteiger charge is 2.04. The van der Waals surface area contributed by atoms with Gasteiger partial charge in [0.1, 0.15) is 0 Å². The van der Waals surface area contributed by atoms with Crippen LogP contribution in [-0.2, 0) is 0 Å². The maximum absolute atomic E-state index is 10.4. The summed E-state index contributed by atoms with van der Waals surface area (Å²) >= 11 is 0. The molecule has 7 nitrogen and oxygen atoms in total. The molecule has 0 aromatic carbocycles. The maximum atomic E-state index is 10.4. The molecule has 2 amide bonds. The average Bonchev–Trinajstić information content (AvgIpc) is 1.90. The fraction of sp³-hybridized carbons (Fsp3) is 0.667. The van der Waals surface area contributed by atoms with Crippen molar-refractivity contribution >= 4 is 6.03 Å². The van der Waals surface area contributed by atoms with Gasteiger partial charge in [0.25, 0.3) is 0 Å². The van der Waals surface area contributed by atoms with Crippen LogP contribution in [0.3, 0.4) is 0 Å². The molecule has 0 saturated heterocycles. The van der Waals surface area contributed by atoms with Crippen LogP contribution in [0, 0.1) is 0 Å². The lowest BCUT2D eigenvalue weighted by atomic mass is 10.9. The largest absolute Gasteiger partial charge is 0.347 e. The number of hydrogen-bond donors (Lipinski definition) is 4. The second kappa shape index (κ2) is 6.23. The van der Waals surface area contributed by atoms with E-state index in [1.54, 1.807) is 0 Å². The van der Waals surface area contributed by atoms with Gasteiger partial charge in [-0.3, -0.25) is 21.7 Å². The molecule has 0 aliphatic rings. The summed E-state index contributed by atoms with van der Waals surface area (Å²) in [6.07, 6.45) is 0. The summed E-state index contributed by atoms with van der Waals surface area (Å²) in [5.41, 5.74) is 0. The lowest BCUT2D eigenvalue weighted by Gasteiger charge is -2.15. The predicted octanol–water partition coefficient (Wildman–Crippen LogP) is -2.46. The number of nitrogens with zero attached hydrogens (tertiary/aromatic N) is 2. The third-order valence-corrected chi connectivity index (χ3v) is 0.603. The molecule has 0 saturated carbocycles. The quantitative estimate of drug-likeness (QED) is 0.173. The number of nitrogens with two attached hydrogens (primary N) is 4. The third kappa shape index (κ3) is 5.25. The van der Waals surface area contributed by atoms with E-state index in [-0.39, 0.29) is 0 Å². The summed E-state index contributed by atoms with van der Waals surface area (Å²) < 4.78 is 0. The Kier molecular flexibility index (Phi) is 7.39. The molecule has 0 bridgehead atoms. The first-order valence-electron chi connectivity index (χ1n) is 2.40. The Balaban J connectivity index is 0. The number of urea groups is 1. The van der Waals surface area contributed by atoms with E-state index in [0.29, 0.717) is 0 Å². The second-order valence-electron chi connectivity index (χ2n) is 1.50. The first kappa shape index (κ1) is 11.9. The maximum Gasteiger partial charge on any atom is 0.347 e. The molecule has 0 spiro atoms. The molecule has 0 aliphatic heterocycles. The van der Waals surface area contributed by atoms with Gasteiger partial charge in [-0.25, -0.2) is 16.5 Å². The van der Waals surface area contributed by atoms with Crippen LogP contribution in [0.15, 0.2) is 0 Å². The Morgan fingerprint density at radius 1 is 1.10 bits per heavy atom. The summed E-state index contributed by atoms with van der Waals surface area (Å²) in [5.74, 6) is 18.0. The van der Waals surface area contributed by atoms with Gasteiger partial charge in [0.05, 0.1) is 0 Å². The van der Waals surface area contributed by atoms with Crippen molar-refractivity contribution in [2.24, 2.45) is 23.4 Å². The zero-order valence-corrected chi connectivity index (χ0v) is 6.11. The van der Waals surface area contributed by atoms with Crippen molar-refractivity contribution in [3.63, 3.8) is 0 Å². The summed E-state index contributed by atoms with van der Waals surface area (Å²) in [7, 11) is 2.84. The normalized spacial score (nSPS) is 7.40. The molecule has 62 valence electrons. The number of rotatable bonds is 0. The van der Waals surface area contributed by atoms with Gasteiger partial charge in [-0.15, -0.1) is 0 Å². The van der Waals surface area contributed by atoms with Gasteiger partial charge in [-0.1, -0.05) is 0 Å². The van der Waals surface area contributed by atoms with Crippen LogP contribution in [0.1, 0.15) is 0 Å². The molecule has 0 heterocycles. The second-order valence-corrected chi connectivity index (χ2v) is 1.50. The minimum Gasteiger partial charge on any atom is -0.274 e. The first-order chi connectivity index (χ1) is 4.55. The summed E-state index contributed by atoms with van der Waals surface area (Å²) in [4.78, 5) is 10.4. The number of carbonyl (C=O) groups is 1. The Labute approximate surface area is 59.4 Å². The van der Waals surface area contributed by atoms with Gasteiger partial charge < -0.3 is 0 Å². The van der Waals surface area contributed by atoms with Crippen molar-refractivity contribution in [2.75, 3.05) is 14.1 Å². The van der Waals surface area contributed by atoms with E-state index >= 15 is 0 Å². The van der Waals surface area contributed by atoms with Crippen molar-refractivity contribution < 1.29 is 4.79 Å². The van der Waals surface area contributed by atoms with Crippen molar-refractivity contribution in [2.45, 2.75) is 0 Å². The molecule has 8 N–H and O–H groups in total. The standard InChI is InChI=1S/C3H10N4O.H4N2/c1-6(4)3(8)7(2)5;1-2/h4-5H2,1-2H3;1-2H2. The fourth-order valence-corrected chi connectivity index (χ4v) is 0.249. The van der Waals surface area contributed by atoms with Crippen molar-refractivity contribution in [3.8, 4) is 0 Å². The highest BCUT2D eigenvalue weighted by molar-refractivity contribution is 5.72. The van der Waals surface area contributed by atoms with E-state index in [2.05, 4.69) is 11.7 Å². The summed E-state index contributed by atoms with van der Waals surface area (Å²) in [6, 6.07) is -0.426. The minimum atomic E-state index is -0.426. The predicted molar refractivity (Wildman–Crippen MR) is 37.7 cm³/mol. The zero-order chi connectivity index (χ0) is 8.73. The van der Waals surface area contributed by atoms with E-state index in [1.807, 2.05) is 0 Å². The topological polar surface area (TPSA) is 128 Å². The van der Waals surface area contributed by atoms with Crippen molar-refractivity contribution in [3.05, 3.63) is 0 Å². The molecule has 0 rings (SSSR count). The molecule has 0 aliphatic carbocycles. The Morgan fingerprint density at radius 3 is 1.30 bits per heavy atom. The van der Waals surface area contributed by atoms with Gasteiger partial charge in [0.15, 0.2) is 0 Å². The molecule has 10 heavy (non-hydrogen) atoms. The first-order valence-corrected chi connectivity index (χ1v) is 2.40. The highest BCUT2D eigenvalue weighted by Crippen LogP contribution is 1.77. The van der Waals surface area contributed by atoms with Crippen LogP contribution >= 0.6 is 0 Å². The van der Waals surface area contributed by atoms with Crippen LogP contribution in [-0.4, -0.2) is 30.1 Å². The Hall–Kier alpha value is -0.890. The summed E-state index contributed by atoms with van der Waals surface area (Å²) in [6.45, 7) is 0. The molecule has 0 atom stereocenters.